The van der Waals surface area contributed by atoms with E-state index in [-0.39, 0.29) is 29.5 Å². The lowest BCUT2D eigenvalue weighted by Gasteiger charge is -2.11. The van der Waals surface area contributed by atoms with E-state index < -0.39 is 5.91 Å². The molecule has 3 N–H and O–H groups in total. The van der Waals surface area contributed by atoms with Gasteiger partial charge in [0, 0.05) is 24.4 Å². The maximum atomic E-state index is 12.5. The summed E-state index contributed by atoms with van der Waals surface area (Å²) in [4.78, 5) is 28.2. The van der Waals surface area contributed by atoms with Gasteiger partial charge >= 0.3 is 0 Å². The van der Waals surface area contributed by atoms with Crippen LogP contribution in [0, 0.1) is 13.8 Å². The molecule has 0 atom stereocenters. The van der Waals surface area contributed by atoms with Crippen LogP contribution in [-0.2, 0) is 11.3 Å². The second-order valence-corrected chi connectivity index (χ2v) is 6.91. The standard InChI is InChI=1S/C24H23N3O4/c1-4-22(29)27-19-13-18(8-9-20(19)28)24(30)26-14-17-10-11-25-23(12-17)31-21-7-5-6-15(2)16(21)3/h4-13,28H,1,14H2,2-3H3,(H,26,30)(H,27,29). The van der Waals surface area contributed by atoms with E-state index in [1.165, 1.54) is 18.2 Å². The average molecular weight is 417 g/mol. The van der Waals surface area contributed by atoms with Crippen LogP contribution in [0.2, 0.25) is 0 Å². The molecule has 31 heavy (non-hydrogen) atoms. The van der Waals surface area contributed by atoms with Gasteiger partial charge in [-0.25, -0.2) is 4.98 Å². The van der Waals surface area contributed by atoms with Crippen molar-refractivity contribution < 1.29 is 19.4 Å². The molecule has 7 nitrogen and oxygen atoms in total. The van der Waals surface area contributed by atoms with Gasteiger partial charge in [0.05, 0.1) is 5.69 Å². The smallest absolute Gasteiger partial charge is 0.251 e. The normalized spacial score (nSPS) is 10.3. The molecule has 0 fully saturated rings. The zero-order chi connectivity index (χ0) is 22.4. The number of benzene rings is 2. The van der Waals surface area contributed by atoms with Crippen LogP contribution < -0.4 is 15.4 Å². The van der Waals surface area contributed by atoms with Crippen LogP contribution >= 0.6 is 0 Å². The number of hydrogen-bond acceptors (Lipinski definition) is 5. The number of ether oxygens (including phenoxy) is 1. The molecular formula is C24H23N3O4. The predicted octanol–water partition coefficient (Wildman–Crippen LogP) is 4.25. The number of pyridine rings is 1. The van der Waals surface area contributed by atoms with Crippen LogP contribution in [0.25, 0.3) is 0 Å². The Hall–Kier alpha value is -4.13. The molecule has 7 heteroatoms. The van der Waals surface area contributed by atoms with E-state index >= 15 is 0 Å². The van der Waals surface area contributed by atoms with Gasteiger partial charge in [-0.1, -0.05) is 18.7 Å². The Morgan fingerprint density at radius 3 is 2.74 bits per heavy atom. The molecule has 1 aromatic heterocycles. The molecule has 1 heterocycles. The molecule has 3 aromatic rings. The number of phenolic OH excluding ortho intramolecular Hbond substituents is 1. The molecule has 0 aliphatic carbocycles. The Labute approximate surface area is 180 Å². The second-order valence-electron chi connectivity index (χ2n) is 6.91. The Morgan fingerprint density at radius 1 is 1.16 bits per heavy atom. The van der Waals surface area contributed by atoms with Gasteiger partial charge < -0.3 is 20.5 Å². The molecule has 0 unspecified atom stereocenters. The molecule has 2 aromatic carbocycles. The fourth-order valence-electron chi connectivity index (χ4n) is 2.81. The van der Waals surface area contributed by atoms with Crippen molar-refractivity contribution in [3.63, 3.8) is 0 Å². The first-order valence-corrected chi connectivity index (χ1v) is 9.61. The van der Waals surface area contributed by atoms with E-state index in [1.54, 1.807) is 18.3 Å². The van der Waals surface area contributed by atoms with Crippen LogP contribution in [-0.4, -0.2) is 21.9 Å². The van der Waals surface area contributed by atoms with Crippen LogP contribution in [0.3, 0.4) is 0 Å². The number of aryl methyl sites for hydroxylation is 1. The zero-order valence-corrected chi connectivity index (χ0v) is 17.3. The van der Waals surface area contributed by atoms with Crippen LogP contribution in [0.5, 0.6) is 17.4 Å². The SMILES string of the molecule is C=CC(=O)Nc1cc(C(=O)NCc2ccnc(Oc3cccc(C)c3C)c2)ccc1O. The van der Waals surface area contributed by atoms with Gasteiger partial charge in [-0.2, -0.15) is 0 Å². The minimum atomic E-state index is -0.485. The van der Waals surface area contributed by atoms with Crippen molar-refractivity contribution in [3.8, 4) is 17.4 Å². The lowest BCUT2D eigenvalue weighted by molar-refractivity contribution is -0.111. The molecule has 0 saturated carbocycles. The van der Waals surface area contributed by atoms with E-state index in [4.69, 9.17) is 4.74 Å². The quantitative estimate of drug-likeness (QED) is 0.394. The van der Waals surface area contributed by atoms with E-state index in [9.17, 15) is 14.7 Å². The monoisotopic (exact) mass is 417 g/mol. The lowest BCUT2D eigenvalue weighted by Crippen LogP contribution is -2.23. The third-order valence-electron chi connectivity index (χ3n) is 4.72. The highest BCUT2D eigenvalue weighted by Crippen LogP contribution is 2.26. The first kappa shape index (κ1) is 21.6. The highest BCUT2D eigenvalue weighted by molar-refractivity contribution is 6.02. The largest absolute Gasteiger partial charge is 0.506 e. The highest BCUT2D eigenvalue weighted by atomic mass is 16.5. The summed E-state index contributed by atoms with van der Waals surface area (Å²) in [5, 5.41) is 15.1. The summed E-state index contributed by atoms with van der Waals surface area (Å²) in [6, 6.07) is 13.6. The Kier molecular flexibility index (Phi) is 6.67. The molecule has 0 spiro atoms. The molecule has 0 aliphatic heterocycles. The van der Waals surface area contributed by atoms with Crippen molar-refractivity contribution >= 4 is 17.5 Å². The average Bonchev–Trinajstić information content (AvgIpc) is 2.77. The highest BCUT2D eigenvalue weighted by Gasteiger charge is 2.11. The lowest BCUT2D eigenvalue weighted by atomic mass is 10.1. The van der Waals surface area contributed by atoms with Crippen molar-refractivity contribution in [2.24, 2.45) is 0 Å². The summed E-state index contributed by atoms with van der Waals surface area (Å²) in [7, 11) is 0. The number of rotatable bonds is 7. The summed E-state index contributed by atoms with van der Waals surface area (Å²) in [5.41, 5.74) is 3.39. The number of aromatic nitrogens is 1. The fourth-order valence-corrected chi connectivity index (χ4v) is 2.81. The maximum absolute atomic E-state index is 12.5. The molecular weight excluding hydrogens is 394 g/mol. The molecule has 2 amide bonds. The molecule has 0 radical (unpaired) electrons. The third-order valence-corrected chi connectivity index (χ3v) is 4.72. The molecule has 0 saturated heterocycles. The zero-order valence-electron chi connectivity index (χ0n) is 17.3. The number of phenols is 1. The predicted molar refractivity (Wildman–Crippen MR) is 118 cm³/mol. The van der Waals surface area contributed by atoms with Crippen molar-refractivity contribution in [1.82, 2.24) is 10.3 Å². The van der Waals surface area contributed by atoms with Gasteiger partial charge in [0.1, 0.15) is 11.5 Å². The summed E-state index contributed by atoms with van der Waals surface area (Å²) in [5.74, 6) is 0.171. The number of nitrogens with zero attached hydrogens (tertiary/aromatic N) is 1. The number of aromatic hydroxyl groups is 1. The number of nitrogens with one attached hydrogen (secondary N) is 2. The topological polar surface area (TPSA) is 101 Å². The summed E-state index contributed by atoms with van der Waals surface area (Å²) >= 11 is 0. The van der Waals surface area contributed by atoms with Crippen molar-refractivity contribution in [1.29, 1.82) is 0 Å². The maximum Gasteiger partial charge on any atom is 0.251 e. The molecule has 0 aliphatic rings. The van der Waals surface area contributed by atoms with Crippen molar-refractivity contribution in [2.75, 3.05) is 5.32 Å². The van der Waals surface area contributed by atoms with Crippen molar-refractivity contribution in [3.05, 3.63) is 89.6 Å². The van der Waals surface area contributed by atoms with Gasteiger partial charge in [0.15, 0.2) is 0 Å². The number of hydrogen-bond donors (Lipinski definition) is 3. The van der Waals surface area contributed by atoms with E-state index in [0.717, 1.165) is 28.5 Å². The van der Waals surface area contributed by atoms with Gasteiger partial charge in [-0.3, -0.25) is 9.59 Å². The Morgan fingerprint density at radius 2 is 1.97 bits per heavy atom. The van der Waals surface area contributed by atoms with E-state index in [0.29, 0.717) is 5.88 Å². The van der Waals surface area contributed by atoms with Crippen LogP contribution in [0.1, 0.15) is 27.0 Å². The van der Waals surface area contributed by atoms with Crippen LogP contribution in [0.4, 0.5) is 5.69 Å². The third kappa shape index (κ3) is 5.48. The molecule has 3 rings (SSSR count). The minimum Gasteiger partial charge on any atom is -0.506 e. The second kappa shape index (κ2) is 9.58. The summed E-state index contributed by atoms with van der Waals surface area (Å²) in [6.45, 7) is 7.61. The fraction of sp³-hybridized carbons (Fsp3) is 0.125. The van der Waals surface area contributed by atoms with E-state index in [2.05, 4.69) is 22.2 Å². The van der Waals surface area contributed by atoms with Gasteiger partial charge in [0.25, 0.3) is 5.91 Å². The first-order valence-electron chi connectivity index (χ1n) is 9.61. The van der Waals surface area contributed by atoms with Crippen LogP contribution in [0.15, 0.2) is 67.4 Å². The van der Waals surface area contributed by atoms with Gasteiger partial charge in [-0.15, -0.1) is 0 Å². The number of anilines is 1. The first-order chi connectivity index (χ1) is 14.9. The van der Waals surface area contributed by atoms with Crippen molar-refractivity contribution in [2.45, 2.75) is 20.4 Å². The summed E-state index contributed by atoms with van der Waals surface area (Å²) in [6.07, 6.45) is 2.69. The number of carbonyl (C=O) groups is 2. The molecule has 158 valence electrons. The summed E-state index contributed by atoms with van der Waals surface area (Å²) < 4.78 is 5.90. The number of carbonyl (C=O) groups excluding carboxylic acids is 2. The van der Waals surface area contributed by atoms with E-state index in [1.807, 2.05) is 32.0 Å². The Balaban J connectivity index is 1.67. The van der Waals surface area contributed by atoms with Gasteiger partial charge in [0.2, 0.25) is 11.8 Å². The Bertz CT molecular complexity index is 1140. The minimum absolute atomic E-state index is 0.130. The number of amides is 2. The van der Waals surface area contributed by atoms with Gasteiger partial charge in [-0.05, 0) is 66.9 Å². The molecule has 0 bridgehead atoms.